The third-order valence-corrected chi connectivity index (χ3v) is 5.93. The summed E-state index contributed by atoms with van der Waals surface area (Å²) in [7, 11) is 0. The molecular weight excluding hydrogens is 286 g/mol. The number of aromatic nitrogens is 2. The number of fused-ring (bicyclic) bond motifs is 1. The first kappa shape index (κ1) is 14.9. The van der Waals surface area contributed by atoms with E-state index in [9.17, 15) is 4.79 Å². The number of piperidine rings is 1. The van der Waals surface area contributed by atoms with Crippen molar-refractivity contribution in [1.29, 1.82) is 0 Å². The van der Waals surface area contributed by atoms with Crippen molar-refractivity contribution in [1.82, 2.24) is 14.7 Å². The summed E-state index contributed by atoms with van der Waals surface area (Å²) in [5.74, 6) is 0. The van der Waals surface area contributed by atoms with Crippen molar-refractivity contribution in [3.8, 4) is 0 Å². The zero-order valence-electron chi connectivity index (χ0n) is 13.7. The van der Waals surface area contributed by atoms with Crippen LogP contribution in [-0.2, 0) is 6.67 Å². The lowest BCUT2D eigenvalue weighted by atomic mass is 9.68. The van der Waals surface area contributed by atoms with Crippen molar-refractivity contribution < 1.29 is 0 Å². The zero-order chi connectivity index (χ0) is 15.7. The van der Waals surface area contributed by atoms with E-state index in [2.05, 4.69) is 10.00 Å². The molecule has 4 rings (SSSR count). The Morgan fingerprint density at radius 3 is 2.52 bits per heavy atom. The van der Waals surface area contributed by atoms with E-state index in [-0.39, 0.29) is 5.56 Å². The average Bonchev–Trinajstić information content (AvgIpc) is 2.60. The monoisotopic (exact) mass is 311 g/mol. The smallest absolute Gasteiger partial charge is 0.275 e. The van der Waals surface area contributed by atoms with E-state index in [1.165, 1.54) is 44.9 Å². The molecule has 122 valence electrons. The fourth-order valence-electron chi connectivity index (χ4n) is 4.39. The topological polar surface area (TPSA) is 38.1 Å². The molecule has 2 aliphatic rings. The Balaban J connectivity index is 1.47. The van der Waals surface area contributed by atoms with E-state index >= 15 is 0 Å². The number of likely N-dealkylation sites (tertiary alicyclic amines) is 1. The number of hydrogen-bond acceptors (Lipinski definition) is 3. The van der Waals surface area contributed by atoms with Gasteiger partial charge in [0, 0.05) is 18.5 Å². The van der Waals surface area contributed by atoms with Crippen molar-refractivity contribution >= 4 is 10.8 Å². The van der Waals surface area contributed by atoms with Gasteiger partial charge in [-0.25, -0.2) is 4.68 Å². The maximum atomic E-state index is 12.6. The Hall–Kier alpha value is -1.68. The van der Waals surface area contributed by atoms with Gasteiger partial charge in [-0.2, -0.15) is 5.10 Å². The summed E-state index contributed by atoms with van der Waals surface area (Å²) in [6, 6.07) is 7.70. The van der Waals surface area contributed by atoms with Gasteiger partial charge in [0.2, 0.25) is 0 Å². The normalized spacial score (nSPS) is 21.7. The lowest BCUT2D eigenvalue weighted by Crippen LogP contribution is -2.43. The minimum absolute atomic E-state index is 0.0288. The Labute approximate surface area is 137 Å². The predicted octanol–water partition coefficient (Wildman–Crippen LogP) is 3.40. The maximum Gasteiger partial charge on any atom is 0.275 e. The van der Waals surface area contributed by atoms with Gasteiger partial charge in [-0.05, 0) is 37.2 Å². The second-order valence-electron chi connectivity index (χ2n) is 7.36. The number of hydrogen-bond donors (Lipinski definition) is 0. The molecule has 0 amide bonds. The molecule has 4 heteroatoms. The Bertz CT molecular complexity index is 736. The third-order valence-electron chi connectivity index (χ3n) is 5.93. The molecular formula is C19H25N3O. The fraction of sp³-hybridized carbons (Fsp3) is 0.579. The maximum absolute atomic E-state index is 12.6. The van der Waals surface area contributed by atoms with Crippen LogP contribution in [0.25, 0.3) is 10.8 Å². The molecule has 4 nitrogen and oxygen atoms in total. The van der Waals surface area contributed by atoms with Crippen LogP contribution >= 0.6 is 0 Å². The summed E-state index contributed by atoms with van der Waals surface area (Å²) in [6.07, 6.45) is 11.4. The second kappa shape index (κ2) is 6.08. The molecule has 1 aliphatic carbocycles. The largest absolute Gasteiger partial charge is 0.284 e. The van der Waals surface area contributed by atoms with Crippen molar-refractivity contribution in [2.75, 3.05) is 13.1 Å². The molecule has 1 aliphatic heterocycles. The summed E-state index contributed by atoms with van der Waals surface area (Å²) in [5.41, 5.74) is 0.636. The second-order valence-corrected chi connectivity index (χ2v) is 7.36. The van der Waals surface area contributed by atoms with Crippen LogP contribution in [0.4, 0.5) is 0 Å². The molecule has 2 fully saturated rings. The molecule has 2 aromatic rings. The van der Waals surface area contributed by atoms with Crippen LogP contribution in [0.5, 0.6) is 0 Å². The van der Waals surface area contributed by atoms with Crippen molar-refractivity contribution in [3.05, 3.63) is 40.8 Å². The number of rotatable bonds is 2. The minimum atomic E-state index is 0.0288. The van der Waals surface area contributed by atoms with Crippen LogP contribution in [0.2, 0.25) is 0 Å². The Morgan fingerprint density at radius 1 is 1.00 bits per heavy atom. The molecule has 1 saturated heterocycles. The van der Waals surface area contributed by atoms with Gasteiger partial charge in [0.1, 0.15) is 0 Å². The van der Waals surface area contributed by atoms with Gasteiger partial charge in [-0.1, -0.05) is 37.5 Å². The standard InChI is InChI=1S/C19H25N3O/c23-18-17-7-3-2-6-16(17)14-20-22(18)15-21-12-10-19(11-13-21)8-4-1-5-9-19/h2-3,6-7,14H,1,4-5,8-13,15H2. The minimum Gasteiger partial charge on any atom is -0.284 e. The first-order valence-corrected chi connectivity index (χ1v) is 8.93. The lowest BCUT2D eigenvalue weighted by Gasteiger charge is -2.44. The van der Waals surface area contributed by atoms with E-state index < -0.39 is 0 Å². The summed E-state index contributed by atoms with van der Waals surface area (Å²) in [5, 5.41) is 6.06. The van der Waals surface area contributed by atoms with Gasteiger partial charge in [-0.15, -0.1) is 0 Å². The molecule has 1 aromatic heterocycles. The van der Waals surface area contributed by atoms with Gasteiger partial charge in [0.05, 0.1) is 18.3 Å². The highest BCUT2D eigenvalue weighted by molar-refractivity contribution is 5.80. The number of benzene rings is 1. The van der Waals surface area contributed by atoms with Gasteiger partial charge < -0.3 is 0 Å². The van der Waals surface area contributed by atoms with E-state index in [0.29, 0.717) is 12.1 Å². The Morgan fingerprint density at radius 2 is 1.74 bits per heavy atom. The third kappa shape index (κ3) is 2.92. The zero-order valence-corrected chi connectivity index (χ0v) is 13.7. The molecule has 0 bridgehead atoms. The SMILES string of the molecule is O=c1c2ccccc2cnn1CN1CCC2(CCCCC2)CC1. The van der Waals surface area contributed by atoms with Crippen LogP contribution in [0, 0.1) is 5.41 Å². The Kier molecular flexibility index (Phi) is 3.93. The molecule has 1 saturated carbocycles. The van der Waals surface area contributed by atoms with Gasteiger partial charge in [-0.3, -0.25) is 9.69 Å². The molecule has 0 N–H and O–H groups in total. The predicted molar refractivity (Wildman–Crippen MR) is 92.3 cm³/mol. The summed E-state index contributed by atoms with van der Waals surface area (Å²) in [6.45, 7) is 2.82. The molecule has 0 atom stereocenters. The van der Waals surface area contributed by atoms with Gasteiger partial charge >= 0.3 is 0 Å². The summed E-state index contributed by atoms with van der Waals surface area (Å²) in [4.78, 5) is 15.0. The quantitative estimate of drug-likeness (QED) is 0.853. The highest BCUT2D eigenvalue weighted by atomic mass is 16.1. The van der Waals surface area contributed by atoms with Crippen molar-refractivity contribution in [2.45, 2.75) is 51.6 Å². The van der Waals surface area contributed by atoms with Crippen molar-refractivity contribution in [3.63, 3.8) is 0 Å². The first-order chi connectivity index (χ1) is 11.3. The highest BCUT2D eigenvalue weighted by Gasteiger charge is 2.35. The highest BCUT2D eigenvalue weighted by Crippen LogP contribution is 2.44. The van der Waals surface area contributed by atoms with Crippen LogP contribution < -0.4 is 5.56 Å². The van der Waals surface area contributed by atoms with Gasteiger partial charge in [0.15, 0.2) is 0 Å². The fourth-order valence-corrected chi connectivity index (χ4v) is 4.39. The van der Waals surface area contributed by atoms with Crippen LogP contribution in [0.3, 0.4) is 0 Å². The molecule has 0 radical (unpaired) electrons. The van der Waals surface area contributed by atoms with Gasteiger partial charge in [0.25, 0.3) is 5.56 Å². The van der Waals surface area contributed by atoms with Crippen molar-refractivity contribution in [2.24, 2.45) is 5.41 Å². The molecule has 1 spiro atoms. The molecule has 1 aromatic carbocycles. The summed E-state index contributed by atoms with van der Waals surface area (Å²) < 4.78 is 1.63. The average molecular weight is 311 g/mol. The van der Waals surface area contributed by atoms with E-state index in [1.807, 2.05) is 30.5 Å². The molecule has 0 unspecified atom stereocenters. The van der Waals surface area contributed by atoms with Crippen LogP contribution in [-0.4, -0.2) is 27.8 Å². The van der Waals surface area contributed by atoms with Crippen LogP contribution in [0.1, 0.15) is 44.9 Å². The number of nitrogens with zero attached hydrogens (tertiary/aromatic N) is 3. The van der Waals surface area contributed by atoms with E-state index in [4.69, 9.17) is 0 Å². The van der Waals surface area contributed by atoms with E-state index in [1.54, 1.807) is 4.68 Å². The van der Waals surface area contributed by atoms with E-state index in [0.717, 1.165) is 23.9 Å². The molecule has 2 heterocycles. The molecule has 23 heavy (non-hydrogen) atoms. The first-order valence-electron chi connectivity index (χ1n) is 8.93. The lowest BCUT2D eigenvalue weighted by molar-refractivity contribution is 0.0490. The van der Waals surface area contributed by atoms with Crippen LogP contribution in [0.15, 0.2) is 35.3 Å². The summed E-state index contributed by atoms with van der Waals surface area (Å²) >= 11 is 0.